The monoisotopic (exact) mass is 376 g/mol. The molecular weight excluding hydrogens is 356 g/mol. The lowest BCUT2D eigenvalue weighted by molar-refractivity contribution is -0.158. The molecule has 5 heteroatoms. The molecule has 0 spiro atoms. The van der Waals surface area contributed by atoms with Crippen LogP contribution >= 0.6 is 0 Å². The van der Waals surface area contributed by atoms with Crippen LogP contribution in [0.15, 0.2) is 84.9 Å². The van der Waals surface area contributed by atoms with Crippen LogP contribution in [0.5, 0.6) is 11.5 Å². The first-order valence-electron chi connectivity index (χ1n) is 8.91. The Morgan fingerprint density at radius 3 is 1.75 bits per heavy atom. The first-order chi connectivity index (χ1) is 13.6. The van der Waals surface area contributed by atoms with Gasteiger partial charge in [-0.3, -0.25) is 0 Å². The smallest absolute Gasteiger partial charge is 0.422 e. The van der Waals surface area contributed by atoms with Gasteiger partial charge < -0.3 is 14.6 Å². The zero-order valence-electron chi connectivity index (χ0n) is 15.2. The number of carbonyl (C=O) groups is 2. The van der Waals surface area contributed by atoms with Gasteiger partial charge in [-0.15, -0.1) is 0 Å². The van der Waals surface area contributed by atoms with Crippen LogP contribution in [-0.2, 0) is 9.59 Å². The molecule has 0 bridgehead atoms. The van der Waals surface area contributed by atoms with Gasteiger partial charge in [0.25, 0.3) is 0 Å². The summed E-state index contributed by atoms with van der Waals surface area (Å²) in [5, 5.41) is 8.55. The SMILES string of the molecule is O=C(O)C(=O)Oc1ccc(OCCC(c2ccccc2)c2ccccc2)cc1. The number of aliphatic carboxylic acids is 1. The van der Waals surface area contributed by atoms with E-state index in [-0.39, 0.29) is 11.7 Å². The van der Waals surface area contributed by atoms with Crippen LogP contribution < -0.4 is 9.47 Å². The third-order valence-corrected chi connectivity index (χ3v) is 4.29. The van der Waals surface area contributed by atoms with Crippen molar-refractivity contribution in [2.24, 2.45) is 0 Å². The molecule has 0 aromatic heterocycles. The molecule has 0 saturated carbocycles. The fourth-order valence-electron chi connectivity index (χ4n) is 2.95. The average Bonchev–Trinajstić information content (AvgIpc) is 2.73. The molecule has 1 N–H and O–H groups in total. The fraction of sp³-hybridized carbons (Fsp3) is 0.130. The third kappa shape index (κ3) is 5.20. The van der Waals surface area contributed by atoms with Crippen LogP contribution in [-0.4, -0.2) is 23.7 Å². The van der Waals surface area contributed by atoms with Gasteiger partial charge in [-0.1, -0.05) is 60.7 Å². The summed E-state index contributed by atoms with van der Waals surface area (Å²) in [4.78, 5) is 21.6. The molecule has 3 aromatic carbocycles. The molecule has 0 amide bonds. The number of benzene rings is 3. The predicted octanol–water partition coefficient (Wildman–Crippen LogP) is 4.28. The van der Waals surface area contributed by atoms with Gasteiger partial charge in [-0.2, -0.15) is 0 Å². The molecule has 0 atom stereocenters. The van der Waals surface area contributed by atoms with Crippen molar-refractivity contribution in [1.82, 2.24) is 0 Å². The fourth-order valence-corrected chi connectivity index (χ4v) is 2.95. The lowest BCUT2D eigenvalue weighted by Gasteiger charge is -2.18. The lowest BCUT2D eigenvalue weighted by atomic mass is 9.89. The molecule has 3 aromatic rings. The van der Waals surface area contributed by atoms with Crippen molar-refractivity contribution in [2.45, 2.75) is 12.3 Å². The number of ether oxygens (including phenoxy) is 2. The van der Waals surface area contributed by atoms with E-state index in [1.807, 2.05) is 36.4 Å². The highest BCUT2D eigenvalue weighted by atomic mass is 16.6. The molecule has 28 heavy (non-hydrogen) atoms. The van der Waals surface area contributed by atoms with E-state index in [2.05, 4.69) is 24.3 Å². The number of esters is 1. The Labute approximate surface area is 163 Å². The summed E-state index contributed by atoms with van der Waals surface area (Å²) in [5.41, 5.74) is 2.46. The Kier molecular flexibility index (Phi) is 6.41. The van der Waals surface area contributed by atoms with Crippen molar-refractivity contribution in [2.75, 3.05) is 6.61 Å². The topological polar surface area (TPSA) is 72.8 Å². The van der Waals surface area contributed by atoms with E-state index in [0.29, 0.717) is 12.4 Å². The molecule has 0 aliphatic rings. The maximum atomic E-state index is 11.1. The number of hydrogen-bond acceptors (Lipinski definition) is 4. The van der Waals surface area contributed by atoms with Crippen molar-refractivity contribution in [3.63, 3.8) is 0 Å². The van der Waals surface area contributed by atoms with Crippen molar-refractivity contribution in [3.05, 3.63) is 96.1 Å². The minimum Gasteiger partial charge on any atom is -0.494 e. The van der Waals surface area contributed by atoms with E-state index in [1.54, 1.807) is 12.1 Å². The molecule has 0 saturated heterocycles. The van der Waals surface area contributed by atoms with Crippen LogP contribution in [0.25, 0.3) is 0 Å². The van der Waals surface area contributed by atoms with Gasteiger partial charge in [-0.05, 0) is 41.8 Å². The molecule has 0 unspecified atom stereocenters. The molecule has 0 radical (unpaired) electrons. The quantitative estimate of drug-likeness (QED) is 0.379. The highest BCUT2D eigenvalue weighted by Gasteiger charge is 2.15. The van der Waals surface area contributed by atoms with Crippen LogP contribution in [0, 0.1) is 0 Å². The first kappa shape index (κ1) is 19.2. The van der Waals surface area contributed by atoms with Gasteiger partial charge in [0.1, 0.15) is 11.5 Å². The number of rotatable bonds is 7. The second kappa shape index (κ2) is 9.37. The summed E-state index contributed by atoms with van der Waals surface area (Å²) in [6.07, 6.45) is 0.795. The molecule has 0 aliphatic carbocycles. The van der Waals surface area contributed by atoms with Gasteiger partial charge in [0, 0.05) is 5.92 Å². The van der Waals surface area contributed by atoms with Gasteiger partial charge in [0.15, 0.2) is 0 Å². The Balaban J connectivity index is 1.61. The van der Waals surface area contributed by atoms with Crippen molar-refractivity contribution in [1.29, 1.82) is 0 Å². The van der Waals surface area contributed by atoms with E-state index >= 15 is 0 Å². The summed E-state index contributed by atoms with van der Waals surface area (Å²) in [7, 11) is 0. The molecular formula is C23H20O5. The maximum absolute atomic E-state index is 11.1. The Morgan fingerprint density at radius 2 is 1.25 bits per heavy atom. The summed E-state index contributed by atoms with van der Waals surface area (Å²) in [5.74, 6) is -1.95. The zero-order valence-corrected chi connectivity index (χ0v) is 15.2. The van der Waals surface area contributed by atoms with Gasteiger partial charge >= 0.3 is 11.9 Å². The molecule has 0 aliphatic heterocycles. The second-order valence-corrected chi connectivity index (χ2v) is 6.18. The summed E-state index contributed by atoms with van der Waals surface area (Å²) in [6, 6.07) is 26.9. The lowest BCUT2D eigenvalue weighted by Crippen LogP contribution is -2.19. The minimum atomic E-state index is -1.63. The molecule has 3 rings (SSSR count). The molecule has 142 valence electrons. The number of hydrogen-bond donors (Lipinski definition) is 1. The van der Waals surface area contributed by atoms with E-state index in [4.69, 9.17) is 14.6 Å². The molecule has 0 fully saturated rings. The van der Waals surface area contributed by atoms with Gasteiger partial charge in [0.05, 0.1) is 6.61 Å². The van der Waals surface area contributed by atoms with Gasteiger partial charge in [0.2, 0.25) is 0 Å². The standard InChI is InChI=1S/C23H20O5/c24-22(25)23(26)28-20-13-11-19(12-14-20)27-16-15-21(17-7-3-1-4-8-17)18-9-5-2-6-10-18/h1-14,21H,15-16H2,(H,24,25). The third-order valence-electron chi connectivity index (χ3n) is 4.29. The number of carboxylic acids is 1. The largest absolute Gasteiger partial charge is 0.494 e. The average molecular weight is 376 g/mol. The van der Waals surface area contributed by atoms with E-state index in [1.165, 1.54) is 23.3 Å². The molecule has 0 heterocycles. The van der Waals surface area contributed by atoms with Crippen molar-refractivity contribution in [3.8, 4) is 11.5 Å². The number of carbonyl (C=O) groups excluding carboxylic acids is 1. The second-order valence-electron chi connectivity index (χ2n) is 6.18. The van der Waals surface area contributed by atoms with E-state index < -0.39 is 11.9 Å². The number of carboxylic acid groups (broad SMARTS) is 1. The van der Waals surface area contributed by atoms with Crippen LogP contribution in [0.3, 0.4) is 0 Å². The summed E-state index contributed by atoms with van der Waals surface area (Å²) < 4.78 is 10.5. The molecule has 5 nitrogen and oxygen atoms in total. The maximum Gasteiger partial charge on any atom is 0.422 e. The summed E-state index contributed by atoms with van der Waals surface area (Å²) >= 11 is 0. The van der Waals surface area contributed by atoms with Crippen LogP contribution in [0.2, 0.25) is 0 Å². The van der Waals surface area contributed by atoms with E-state index in [0.717, 1.165) is 6.42 Å². The zero-order chi connectivity index (χ0) is 19.8. The summed E-state index contributed by atoms with van der Waals surface area (Å²) in [6.45, 7) is 0.503. The Hall–Kier alpha value is -3.60. The Bertz CT molecular complexity index is 865. The van der Waals surface area contributed by atoms with Crippen LogP contribution in [0.4, 0.5) is 0 Å². The Morgan fingerprint density at radius 1 is 0.750 bits per heavy atom. The predicted molar refractivity (Wildman–Crippen MR) is 105 cm³/mol. The highest BCUT2D eigenvalue weighted by Crippen LogP contribution is 2.28. The van der Waals surface area contributed by atoms with Crippen molar-refractivity contribution < 1.29 is 24.2 Å². The first-order valence-corrected chi connectivity index (χ1v) is 8.91. The van der Waals surface area contributed by atoms with Gasteiger partial charge in [-0.25, -0.2) is 9.59 Å². The highest BCUT2D eigenvalue weighted by molar-refractivity contribution is 6.29. The van der Waals surface area contributed by atoms with E-state index in [9.17, 15) is 9.59 Å². The van der Waals surface area contributed by atoms with Crippen LogP contribution in [0.1, 0.15) is 23.5 Å². The normalized spacial score (nSPS) is 10.5. The minimum absolute atomic E-state index is 0.159. The van der Waals surface area contributed by atoms with Crippen molar-refractivity contribution >= 4 is 11.9 Å².